The average Bonchev–Trinajstić information content (AvgIpc) is 3.02. The molecule has 0 spiro atoms. The van der Waals surface area contributed by atoms with E-state index in [1.807, 2.05) is 0 Å². The Kier molecular flexibility index (Phi) is 5.10. The molecule has 1 aromatic heterocycles. The Morgan fingerprint density at radius 3 is 2.62 bits per heavy atom. The summed E-state index contributed by atoms with van der Waals surface area (Å²) in [4.78, 5) is -0.615. The fourth-order valence-electron chi connectivity index (χ4n) is 2.63. The minimum Gasteiger partial charge on any atom is -0.404 e. The third-order valence-electron chi connectivity index (χ3n) is 3.78. The molecule has 2 heterocycles. The number of benzene rings is 1. The van der Waals surface area contributed by atoms with Gasteiger partial charge in [0.25, 0.3) is 10.0 Å². The maximum absolute atomic E-state index is 12.5. The van der Waals surface area contributed by atoms with E-state index in [2.05, 4.69) is 14.6 Å². The molecule has 1 saturated heterocycles. The van der Waals surface area contributed by atoms with Crippen molar-refractivity contribution in [3.05, 3.63) is 36.7 Å². The molecule has 7 nitrogen and oxygen atoms in total. The molecule has 1 aromatic carbocycles. The van der Waals surface area contributed by atoms with Gasteiger partial charge in [-0.05, 0) is 25.0 Å². The van der Waals surface area contributed by atoms with E-state index in [4.69, 9.17) is 4.74 Å². The van der Waals surface area contributed by atoms with Gasteiger partial charge in [0, 0.05) is 19.4 Å². The van der Waals surface area contributed by atoms with Gasteiger partial charge in [0.1, 0.15) is 10.6 Å². The van der Waals surface area contributed by atoms with E-state index in [0.717, 1.165) is 25.0 Å². The quantitative estimate of drug-likeness (QED) is 0.848. The Bertz CT molecular complexity index is 861. The van der Waals surface area contributed by atoms with Crippen LogP contribution in [0, 0.1) is 0 Å². The lowest BCUT2D eigenvalue weighted by molar-refractivity contribution is -0.275. The molecule has 11 heteroatoms. The minimum atomic E-state index is -5.00. The molecule has 1 fully saturated rings. The van der Waals surface area contributed by atoms with Crippen molar-refractivity contribution in [3.63, 3.8) is 0 Å². The fourth-order valence-corrected chi connectivity index (χ4v) is 3.79. The smallest absolute Gasteiger partial charge is 0.404 e. The number of aromatic nitrogens is 2. The summed E-state index contributed by atoms with van der Waals surface area (Å²) in [7, 11) is -4.29. The molecular formula is C15H16F3N3O4S. The van der Waals surface area contributed by atoms with E-state index in [-0.39, 0.29) is 11.7 Å². The number of nitrogens with zero attached hydrogens (tertiary/aromatic N) is 2. The molecule has 0 unspecified atom stereocenters. The summed E-state index contributed by atoms with van der Waals surface area (Å²) in [6, 6.07) is 4.62. The van der Waals surface area contributed by atoms with Crippen molar-refractivity contribution in [2.45, 2.75) is 30.1 Å². The first kappa shape index (κ1) is 18.5. The van der Waals surface area contributed by atoms with E-state index in [0.29, 0.717) is 13.2 Å². The van der Waals surface area contributed by atoms with Crippen molar-refractivity contribution < 1.29 is 31.1 Å². The van der Waals surface area contributed by atoms with Crippen molar-refractivity contribution >= 4 is 15.7 Å². The molecule has 0 amide bonds. The summed E-state index contributed by atoms with van der Waals surface area (Å²) in [5.41, 5.74) is 0.151. The van der Waals surface area contributed by atoms with Gasteiger partial charge in [0.2, 0.25) is 0 Å². The van der Waals surface area contributed by atoms with Gasteiger partial charge in [-0.1, -0.05) is 12.1 Å². The van der Waals surface area contributed by atoms with Gasteiger partial charge in [-0.2, -0.15) is 5.10 Å². The Balaban J connectivity index is 1.80. The lowest BCUT2D eigenvalue weighted by atomic mass is 10.1. The van der Waals surface area contributed by atoms with Crippen molar-refractivity contribution in [1.29, 1.82) is 0 Å². The predicted molar refractivity (Wildman–Crippen MR) is 85.3 cm³/mol. The third-order valence-corrected chi connectivity index (χ3v) is 5.20. The first-order valence-corrected chi connectivity index (χ1v) is 9.22. The van der Waals surface area contributed by atoms with Gasteiger partial charge in [0.05, 0.1) is 17.9 Å². The first-order valence-electron chi connectivity index (χ1n) is 7.74. The molecule has 0 bridgehead atoms. The summed E-state index contributed by atoms with van der Waals surface area (Å²) in [6.45, 7) is 1.18. The number of halogens is 3. The van der Waals surface area contributed by atoms with Gasteiger partial charge in [0.15, 0.2) is 0 Å². The number of para-hydroxylation sites is 1. The normalized spacial score (nSPS) is 16.4. The van der Waals surface area contributed by atoms with Crippen molar-refractivity contribution in [2.24, 2.45) is 0 Å². The molecule has 26 heavy (non-hydrogen) atoms. The molecule has 0 saturated carbocycles. The molecule has 0 atom stereocenters. The van der Waals surface area contributed by atoms with Crippen LogP contribution in [-0.2, 0) is 14.8 Å². The van der Waals surface area contributed by atoms with E-state index in [9.17, 15) is 21.6 Å². The highest BCUT2D eigenvalue weighted by Crippen LogP contribution is 2.30. The van der Waals surface area contributed by atoms with Crippen LogP contribution in [0.25, 0.3) is 0 Å². The number of hydrogen-bond donors (Lipinski definition) is 1. The summed E-state index contributed by atoms with van der Waals surface area (Å²) < 4.78 is 75.3. The molecule has 0 radical (unpaired) electrons. The molecule has 1 aliphatic rings. The first-order chi connectivity index (χ1) is 12.2. The topological polar surface area (TPSA) is 82.5 Å². The summed E-state index contributed by atoms with van der Waals surface area (Å²) in [6.07, 6.45) is -0.702. The number of anilines is 1. The second kappa shape index (κ2) is 7.16. The van der Waals surface area contributed by atoms with Gasteiger partial charge in [-0.15, -0.1) is 13.2 Å². The van der Waals surface area contributed by atoms with Crippen LogP contribution in [-0.4, -0.2) is 37.8 Å². The predicted octanol–water partition coefficient (Wildman–Crippen LogP) is 2.93. The Labute approximate surface area is 147 Å². The number of rotatable bonds is 5. The molecule has 0 aliphatic carbocycles. The highest BCUT2D eigenvalue weighted by atomic mass is 32.2. The van der Waals surface area contributed by atoms with Crippen LogP contribution in [0.3, 0.4) is 0 Å². The van der Waals surface area contributed by atoms with Crippen LogP contribution in [0.5, 0.6) is 5.75 Å². The number of ether oxygens (including phenoxy) is 2. The highest BCUT2D eigenvalue weighted by Gasteiger charge is 2.34. The van der Waals surface area contributed by atoms with Gasteiger partial charge in [-0.3, -0.25) is 9.40 Å². The number of sulfonamides is 1. The zero-order chi connectivity index (χ0) is 18.8. The maximum Gasteiger partial charge on any atom is 0.573 e. The van der Waals surface area contributed by atoms with Crippen LogP contribution in [0.1, 0.15) is 18.9 Å². The van der Waals surface area contributed by atoms with Crippen LogP contribution in [0.2, 0.25) is 0 Å². The highest BCUT2D eigenvalue weighted by molar-refractivity contribution is 7.92. The SMILES string of the molecule is O=S(=O)(Nc1cnn(C2CCOCC2)c1)c1ccccc1OC(F)(F)F. The summed E-state index contributed by atoms with van der Waals surface area (Å²) >= 11 is 0. The zero-order valence-corrected chi connectivity index (χ0v) is 14.3. The second-order valence-corrected chi connectivity index (χ2v) is 7.30. The lowest BCUT2D eigenvalue weighted by Crippen LogP contribution is -2.21. The fraction of sp³-hybridized carbons (Fsp3) is 0.400. The molecule has 1 aliphatic heterocycles. The lowest BCUT2D eigenvalue weighted by Gasteiger charge is -2.22. The van der Waals surface area contributed by atoms with E-state index in [1.54, 1.807) is 4.68 Å². The molecule has 2 aromatic rings. The molecule has 1 N–H and O–H groups in total. The second-order valence-electron chi connectivity index (χ2n) is 5.65. The Hall–Kier alpha value is -2.27. The number of nitrogens with one attached hydrogen (secondary N) is 1. The summed E-state index contributed by atoms with van der Waals surface area (Å²) in [5, 5.41) is 4.12. The van der Waals surface area contributed by atoms with Crippen molar-refractivity contribution in [3.8, 4) is 5.75 Å². The average molecular weight is 391 g/mol. The van der Waals surface area contributed by atoms with Crippen LogP contribution < -0.4 is 9.46 Å². The Morgan fingerprint density at radius 1 is 1.23 bits per heavy atom. The number of alkyl halides is 3. The molecule has 3 rings (SSSR count). The van der Waals surface area contributed by atoms with Gasteiger partial charge < -0.3 is 9.47 Å². The van der Waals surface area contributed by atoms with E-state index in [1.165, 1.54) is 24.5 Å². The summed E-state index contributed by atoms with van der Waals surface area (Å²) in [5.74, 6) is -0.802. The monoisotopic (exact) mass is 391 g/mol. The molecular weight excluding hydrogens is 375 g/mol. The minimum absolute atomic E-state index is 0.0860. The number of hydrogen-bond acceptors (Lipinski definition) is 5. The largest absolute Gasteiger partial charge is 0.573 e. The van der Waals surface area contributed by atoms with Crippen molar-refractivity contribution in [1.82, 2.24) is 9.78 Å². The molecule has 142 valence electrons. The maximum atomic E-state index is 12.5. The van der Waals surface area contributed by atoms with E-state index < -0.39 is 27.0 Å². The van der Waals surface area contributed by atoms with Crippen molar-refractivity contribution in [2.75, 3.05) is 17.9 Å². The Morgan fingerprint density at radius 2 is 1.92 bits per heavy atom. The van der Waals surface area contributed by atoms with Crippen LogP contribution >= 0.6 is 0 Å². The standard InChI is InChI=1S/C15H16F3N3O4S/c16-15(17,18)25-13-3-1-2-4-14(13)26(22,23)20-11-9-19-21(10-11)12-5-7-24-8-6-12/h1-4,9-10,12,20H,5-8H2. The van der Waals surface area contributed by atoms with Crippen LogP contribution in [0.4, 0.5) is 18.9 Å². The zero-order valence-electron chi connectivity index (χ0n) is 13.4. The van der Waals surface area contributed by atoms with Gasteiger partial charge in [-0.25, -0.2) is 8.42 Å². The third kappa shape index (κ3) is 4.47. The van der Waals surface area contributed by atoms with E-state index >= 15 is 0 Å². The van der Waals surface area contributed by atoms with Gasteiger partial charge >= 0.3 is 6.36 Å². The van der Waals surface area contributed by atoms with Crippen LogP contribution in [0.15, 0.2) is 41.6 Å².